The van der Waals surface area contributed by atoms with Gasteiger partial charge >= 0.3 is 0 Å². The third-order valence-electron chi connectivity index (χ3n) is 3.87. The van der Waals surface area contributed by atoms with Crippen molar-refractivity contribution in [1.82, 2.24) is 14.9 Å². The Morgan fingerprint density at radius 2 is 2.04 bits per heavy atom. The van der Waals surface area contributed by atoms with Gasteiger partial charge in [-0.25, -0.2) is 4.98 Å². The SMILES string of the molecule is CCc1cc(=O)n(C)c(SCCCC(=O)NCCc2ccccc2)n1. The Bertz CT molecular complexity index is 744. The summed E-state index contributed by atoms with van der Waals surface area (Å²) in [6.45, 7) is 2.64. The minimum absolute atomic E-state index is 0.0343. The summed E-state index contributed by atoms with van der Waals surface area (Å²) >= 11 is 1.53. The molecule has 0 aliphatic heterocycles. The summed E-state index contributed by atoms with van der Waals surface area (Å²) in [4.78, 5) is 28.2. The van der Waals surface area contributed by atoms with Gasteiger partial charge in [-0.1, -0.05) is 49.0 Å². The molecule has 1 heterocycles. The van der Waals surface area contributed by atoms with E-state index in [9.17, 15) is 9.59 Å². The predicted molar refractivity (Wildman–Crippen MR) is 102 cm³/mol. The zero-order valence-electron chi connectivity index (χ0n) is 14.8. The Morgan fingerprint density at radius 3 is 2.76 bits per heavy atom. The predicted octanol–water partition coefficient (Wildman–Crippen LogP) is 2.57. The van der Waals surface area contributed by atoms with Crippen LogP contribution in [0.4, 0.5) is 0 Å². The highest BCUT2D eigenvalue weighted by Crippen LogP contribution is 2.15. The number of nitrogens with zero attached hydrogens (tertiary/aromatic N) is 2. The second-order valence-corrected chi connectivity index (χ2v) is 6.88. The fourth-order valence-corrected chi connectivity index (χ4v) is 3.29. The largest absolute Gasteiger partial charge is 0.356 e. The quantitative estimate of drug-likeness (QED) is 0.425. The first-order valence-electron chi connectivity index (χ1n) is 8.60. The molecule has 1 aromatic heterocycles. The van der Waals surface area contributed by atoms with Crippen LogP contribution in [-0.4, -0.2) is 27.8 Å². The lowest BCUT2D eigenvalue weighted by molar-refractivity contribution is -0.121. The van der Waals surface area contributed by atoms with Crippen molar-refractivity contribution in [3.63, 3.8) is 0 Å². The highest BCUT2D eigenvalue weighted by molar-refractivity contribution is 7.99. The number of hydrogen-bond acceptors (Lipinski definition) is 4. The zero-order chi connectivity index (χ0) is 18.1. The minimum Gasteiger partial charge on any atom is -0.356 e. The van der Waals surface area contributed by atoms with E-state index in [2.05, 4.69) is 22.4 Å². The lowest BCUT2D eigenvalue weighted by atomic mass is 10.1. The Balaban J connectivity index is 1.68. The molecular weight excluding hydrogens is 334 g/mol. The molecule has 0 fully saturated rings. The van der Waals surface area contributed by atoms with Crippen LogP contribution in [0.5, 0.6) is 0 Å². The third kappa shape index (κ3) is 6.38. The second-order valence-electron chi connectivity index (χ2n) is 5.82. The van der Waals surface area contributed by atoms with Crippen molar-refractivity contribution in [2.24, 2.45) is 7.05 Å². The van der Waals surface area contributed by atoms with Crippen molar-refractivity contribution in [2.45, 2.75) is 37.8 Å². The van der Waals surface area contributed by atoms with Crippen molar-refractivity contribution < 1.29 is 4.79 Å². The fraction of sp³-hybridized carbons (Fsp3) is 0.421. The highest BCUT2D eigenvalue weighted by Gasteiger charge is 2.06. The lowest BCUT2D eigenvalue weighted by Gasteiger charge is -2.08. The molecule has 25 heavy (non-hydrogen) atoms. The van der Waals surface area contributed by atoms with Gasteiger partial charge in [-0.2, -0.15) is 0 Å². The number of carbonyl (C=O) groups is 1. The molecule has 1 amide bonds. The average Bonchev–Trinajstić information content (AvgIpc) is 2.62. The molecular formula is C19H25N3O2S. The molecule has 0 aliphatic rings. The summed E-state index contributed by atoms with van der Waals surface area (Å²) in [6.07, 6.45) is 2.84. The minimum atomic E-state index is -0.0343. The van der Waals surface area contributed by atoms with Crippen LogP contribution in [0.1, 0.15) is 31.0 Å². The van der Waals surface area contributed by atoms with Gasteiger partial charge in [-0.3, -0.25) is 14.2 Å². The van der Waals surface area contributed by atoms with E-state index in [1.54, 1.807) is 17.7 Å². The van der Waals surface area contributed by atoms with Gasteiger partial charge in [0.2, 0.25) is 5.91 Å². The summed E-state index contributed by atoms with van der Waals surface area (Å²) in [5.41, 5.74) is 2.00. The molecule has 0 unspecified atom stereocenters. The van der Waals surface area contributed by atoms with Gasteiger partial charge in [0.25, 0.3) is 5.56 Å². The standard InChI is InChI=1S/C19H25N3O2S/c1-3-16-14-18(24)22(2)19(21-16)25-13-7-10-17(23)20-12-11-15-8-5-4-6-9-15/h4-6,8-9,14H,3,7,10-13H2,1-2H3,(H,20,23). The van der Waals surface area contributed by atoms with Crippen molar-refractivity contribution in [3.05, 3.63) is 58.0 Å². The summed E-state index contributed by atoms with van der Waals surface area (Å²) in [6, 6.07) is 11.7. The maximum absolute atomic E-state index is 11.9. The third-order valence-corrected chi connectivity index (χ3v) is 4.98. The first-order chi connectivity index (χ1) is 12.1. The molecule has 0 bridgehead atoms. The van der Waals surface area contributed by atoms with E-state index in [1.807, 2.05) is 25.1 Å². The molecule has 2 rings (SSSR count). The molecule has 1 N–H and O–H groups in total. The van der Waals surface area contributed by atoms with Crippen molar-refractivity contribution in [3.8, 4) is 0 Å². The Morgan fingerprint density at radius 1 is 1.28 bits per heavy atom. The lowest BCUT2D eigenvalue weighted by Crippen LogP contribution is -2.25. The average molecular weight is 359 g/mol. The number of aryl methyl sites for hydroxylation is 1. The Labute approximate surface area is 152 Å². The van der Waals surface area contributed by atoms with Gasteiger partial charge in [-0.05, 0) is 24.8 Å². The van der Waals surface area contributed by atoms with E-state index in [1.165, 1.54) is 17.3 Å². The van der Waals surface area contributed by atoms with Crippen LogP contribution >= 0.6 is 11.8 Å². The number of benzene rings is 1. The molecule has 0 atom stereocenters. The van der Waals surface area contributed by atoms with Crippen LogP contribution in [0.3, 0.4) is 0 Å². The van der Waals surface area contributed by atoms with E-state index < -0.39 is 0 Å². The van der Waals surface area contributed by atoms with Crippen molar-refractivity contribution in [2.75, 3.05) is 12.3 Å². The number of hydrogen-bond donors (Lipinski definition) is 1. The summed E-state index contributed by atoms with van der Waals surface area (Å²) < 4.78 is 1.56. The molecule has 0 saturated carbocycles. The summed E-state index contributed by atoms with van der Waals surface area (Å²) in [7, 11) is 1.73. The van der Waals surface area contributed by atoms with Gasteiger partial charge in [-0.15, -0.1) is 0 Å². The van der Waals surface area contributed by atoms with Crippen LogP contribution < -0.4 is 10.9 Å². The van der Waals surface area contributed by atoms with Gasteiger partial charge < -0.3 is 5.32 Å². The molecule has 2 aromatic rings. The van der Waals surface area contributed by atoms with Crippen LogP contribution in [0.25, 0.3) is 0 Å². The topological polar surface area (TPSA) is 64.0 Å². The van der Waals surface area contributed by atoms with Crippen molar-refractivity contribution >= 4 is 17.7 Å². The number of thioether (sulfide) groups is 1. The molecule has 134 valence electrons. The molecule has 1 aromatic carbocycles. The zero-order valence-corrected chi connectivity index (χ0v) is 15.6. The van der Waals surface area contributed by atoms with E-state index >= 15 is 0 Å². The molecule has 0 spiro atoms. The fourth-order valence-electron chi connectivity index (χ4n) is 2.35. The van der Waals surface area contributed by atoms with Gasteiger partial charge in [0, 0.05) is 37.5 Å². The van der Waals surface area contributed by atoms with Crippen molar-refractivity contribution in [1.29, 1.82) is 0 Å². The van der Waals surface area contributed by atoms with Gasteiger partial charge in [0.1, 0.15) is 0 Å². The normalized spacial score (nSPS) is 10.6. The Hall–Kier alpha value is -2.08. The second kappa shape index (κ2) is 10.0. The van der Waals surface area contributed by atoms with E-state index in [0.717, 1.165) is 30.7 Å². The smallest absolute Gasteiger partial charge is 0.254 e. The van der Waals surface area contributed by atoms with Gasteiger partial charge in [0.15, 0.2) is 5.16 Å². The van der Waals surface area contributed by atoms with E-state index in [0.29, 0.717) is 18.1 Å². The molecule has 0 saturated heterocycles. The van der Waals surface area contributed by atoms with Gasteiger partial charge in [0.05, 0.1) is 0 Å². The molecule has 0 radical (unpaired) electrons. The number of aromatic nitrogens is 2. The number of rotatable bonds is 9. The Kier molecular flexibility index (Phi) is 7.73. The number of carbonyl (C=O) groups excluding carboxylic acids is 1. The highest BCUT2D eigenvalue weighted by atomic mass is 32.2. The molecule has 0 aliphatic carbocycles. The van der Waals surface area contributed by atoms with Crippen LogP contribution in [-0.2, 0) is 24.7 Å². The number of amides is 1. The first kappa shape index (κ1) is 19.2. The summed E-state index contributed by atoms with van der Waals surface area (Å²) in [5.74, 6) is 0.834. The van der Waals surface area contributed by atoms with E-state index in [4.69, 9.17) is 0 Å². The maximum Gasteiger partial charge on any atom is 0.254 e. The first-order valence-corrected chi connectivity index (χ1v) is 9.59. The molecule has 5 nitrogen and oxygen atoms in total. The molecule has 6 heteroatoms. The van der Waals surface area contributed by atoms with Crippen LogP contribution in [0, 0.1) is 0 Å². The monoisotopic (exact) mass is 359 g/mol. The number of nitrogens with one attached hydrogen (secondary N) is 1. The maximum atomic E-state index is 11.9. The summed E-state index contributed by atoms with van der Waals surface area (Å²) in [5, 5.41) is 3.67. The van der Waals surface area contributed by atoms with E-state index in [-0.39, 0.29) is 11.5 Å². The van der Waals surface area contributed by atoms with Crippen LogP contribution in [0.2, 0.25) is 0 Å². The van der Waals surface area contributed by atoms with Crippen LogP contribution in [0.15, 0.2) is 46.3 Å².